The molecule has 1 saturated heterocycles. The molecule has 1 aromatic carbocycles. The molecule has 1 aliphatic rings. The Morgan fingerprint density at radius 1 is 1.16 bits per heavy atom. The van der Waals surface area contributed by atoms with Gasteiger partial charge < -0.3 is 9.30 Å². The molecule has 0 unspecified atom stereocenters. The van der Waals surface area contributed by atoms with Crippen LogP contribution >= 0.6 is 11.8 Å². The van der Waals surface area contributed by atoms with E-state index in [0.717, 1.165) is 28.3 Å². The lowest BCUT2D eigenvalue weighted by atomic mass is 10.2. The molecule has 164 valence electrons. The first kappa shape index (κ1) is 22.0. The van der Waals surface area contributed by atoms with Crippen molar-refractivity contribution in [3.63, 3.8) is 0 Å². The van der Waals surface area contributed by atoms with E-state index in [9.17, 15) is 4.79 Å². The highest BCUT2D eigenvalue weighted by Gasteiger charge is 2.33. The number of rotatable bonds is 7. The highest BCUT2D eigenvalue weighted by Crippen LogP contribution is 2.35. The number of hydrogen-bond acceptors (Lipinski definition) is 5. The van der Waals surface area contributed by atoms with Gasteiger partial charge in [-0.15, -0.1) is 0 Å². The maximum Gasteiger partial charge on any atom is 0.266 e. The number of nitrogens with zero attached hydrogens (tertiary/aromatic N) is 4. The van der Waals surface area contributed by atoms with Crippen LogP contribution in [0.1, 0.15) is 23.9 Å². The third-order valence-electron chi connectivity index (χ3n) is 5.19. The molecule has 0 bridgehead atoms. The first-order valence-electron chi connectivity index (χ1n) is 10.6. The van der Waals surface area contributed by atoms with Gasteiger partial charge in [0.15, 0.2) is 5.17 Å². The first-order chi connectivity index (χ1) is 15.6. The minimum atomic E-state index is -0.0458. The van der Waals surface area contributed by atoms with Gasteiger partial charge >= 0.3 is 0 Å². The van der Waals surface area contributed by atoms with Crippen molar-refractivity contribution in [2.24, 2.45) is 4.99 Å². The molecule has 0 spiro atoms. The van der Waals surface area contributed by atoms with Crippen LogP contribution in [0.3, 0.4) is 0 Å². The molecule has 0 radical (unpaired) electrons. The molecule has 3 aromatic rings. The van der Waals surface area contributed by atoms with Crippen molar-refractivity contribution < 1.29 is 9.53 Å². The number of benzene rings is 1. The second kappa shape index (κ2) is 9.97. The third kappa shape index (κ3) is 4.69. The van der Waals surface area contributed by atoms with Gasteiger partial charge in [0.1, 0.15) is 0 Å². The molecule has 0 N–H and O–H groups in total. The number of aliphatic imine (C=N–C) groups is 1. The van der Waals surface area contributed by atoms with Gasteiger partial charge in [-0.25, -0.2) is 4.99 Å². The van der Waals surface area contributed by atoms with Crippen molar-refractivity contribution in [3.8, 4) is 5.69 Å². The van der Waals surface area contributed by atoms with Crippen LogP contribution in [0, 0.1) is 13.8 Å². The first-order valence-corrected chi connectivity index (χ1v) is 11.4. The normalized spacial score (nSPS) is 16.5. The van der Waals surface area contributed by atoms with E-state index in [0.29, 0.717) is 29.8 Å². The Kier molecular flexibility index (Phi) is 6.87. The van der Waals surface area contributed by atoms with Crippen LogP contribution in [0.2, 0.25) is 0 Å². The quantitative estimate of drug-likeness (QED) is 0.373. The molecule has 6 nitrogen and oxygen atoms in total. The number of ether oxygens (including phenoxy) is 1. The van der Waals surface area contributed by atoms with Gasteiger partial charge in [-0.05, 0) is 74.5 Å². The lowest BCUT2D eigenvalue weighted by Crippen LogP contribution is -2.32. The fourth-order valence-corrected chi connectivity index (χ4v) is 4.68. The summed E-state index contributed by atoms with van der Waals surface area (Å²) in [6.07, 6.45) is 5.56. The lowest BCUT2D eigenvalue weighted by Gasteiger charge is -2.15. The number of carbonyl (C=O) groups is 1. The van der Waals surface area contributed by atoms with Gasteiger partial charge in [-0.3, -0.25) is 14.7 Å². The second-order valence-electron chi connectivity index (χ2n) is 7.37. The standard InChI is InChI=1S/C25H26N4O2S/c1-4-31-14-13-28-24(30)23(32-25(28)27-21-9-6-5-7-10-21)16-20-15-18(2)29(19(20)3)22-11-8-12-26-17-22/h5-12,15-17H,4,13-14H2,1-3H3/b23-16-,27-25?. The molecule has 2 aromatic heterocycles. The Labute approximate surface area is 192 Å². The average Bonchev–Trinajstić information content (AvgIpc) is 3.25. The summed E-state index contributed by atoms with van der Waals surface area (Å²) < 4.78 is 7.64. The summed E-state index contributed by atoms with van der Waals surface area (Å²) in [7, 11) is 0. The van der Waals surface area contributed by atoms with Crippen molar-refractivity contribution in [2.45, 2.75) is 20.8 Å². The van der Waals surface area contributed by atoms with E-state index in [1.165, 1.54) is 11.8 Å². The maximum atomic E-state index is 13.3. The number of hydrogen-bond donors (Lipinski definition) is 0. The van der Waals surface area contributed by atoms with Crippen LogP contribution in [-0.4, -0.2) is 45.3 Å². The fourth-order valence-electron chi connectivity index (χ4n) is 3.66. The average molecular weight is 447 g/mol. The van der Waals surface area contributed by atoms with E-state index in [2.05, 4.69) is 29.5 Å². The predicted octanol–water partition coefficient (Wildman–Crippen LogP) is 5.13. The Hall–Kier alpha value is -3.16. The Morgan fingerprint density at radius 3 is 2.69 bits per heavy atom. The second-order valence-corrected chi connectivity index (χ2v) is 8.38. The smallest absolute Gasteiger partial charge is 0.266 e. The van der Waals surface area contributed by atoms with Gasteiger partial charge in [-0.2, -0.15) is 0 Å². The van der Waals surface area contributed by atoms with Gasteiger partial charge in [0, 0.05) is 24.2 Å². The van der Waals surface area contributed by atoms with E-state index in [4.69, 9.17) is 9.73 Å². The number of pyridine rings is 1. The zero-order valence-electron chi connectivity index (χ0n) is 18.5. The van der Waals surface area contributed by atoms with E-state index in [1.807, 2.05) is 61.7 Å². The zero-order chi connectivity index (χ0) is 22.5. The highest BCUT2D eigenvalue weighted by atomic mass is 32.2. The molecular weight excluding hydrogens is 420 g/mol. The zero-order valence-corrected chi connectivity index (χ0v) is 19.3. The van der Waals surface area contributed by atoms with E-state index >= 15 is 0 Å². The molecule has 32 heavy (non-hydrogen) atoms. The van der Waals surface area contributed by atoms with E-state index < -0.39 is 0 Å². The summed E-state index contributed by atoms with van der Waals surface area (Å²) in [4.78, 5) is 24.6. The van der Waals surface area contributed by atoms with Crippen molar-refractivity contribution in [3.05, 3.63) is 82.8 Å². The Balaban J connectivity index is 1.68. The Bertz CT molecular complexity index is 1150. The monoisotopic (exact) mass is 446 g/mol. The van der Waals surface area contributed by atoms with Crippen molar-refractivity contribution in [2.75, 3.05) is 19.8 Å². The molecule has 4 rings (SSSR count). The molecule has 0 aliphatic carbocycles. The van der Waals surface area contributed by atoms with Crippen molar-refractivity contribution in [1.82, 2.24) is 14.5 Å². The van der Waals surface area contributed by atoms with Gasteiger partial charge in [-0.1, -0.05) is 18.2 Å². The van der Waals surface area contributed by atoms with Crippen LogP contribution in [0.25, 0.3) is 11.8 Å². The minimum Gasteiger partial charge on any atom is -0.380 e. The molecule has 1 amide bonds. The molecule has 0 saturated carbocycles. The van der Waals surface area contributed by atoms with Gasteiger partial charge in [0.05, 0.1) is 35.6 Å². The lowest BCUT2D eigenvalue weighted by molar-refractivity contribution is -0.122. The summed E-state index contributed by atoms with van der Waals surface area (Å²) in [6, 6.07) is 15.7. The topological polar surface area (TPSA) is 59.7 Å². The number of aryl methyl sites for hydroxylation is 1. The van der Waals surface area contributed by atoms with E-state index in [1.54, 1.807) is 11.1 Å². The van der Waals surface area contributed by atoms with Crippen molar-refractivity contribution >= 4 is 34.6 Å². The van der Waals surface area contributed by atoms with Gasteiger partial charge in [0.2, 0.25) is 0 Å². The summed E-state index contributed by atoms with van der Waals surface area (Å²) in [5.74, 6) is -0.0458. The van der Waals surface area contributed by atoms with Crippen LogP contribution in [0.15, 0.2) is 70.8 Å². The number of carbonyl (C=O) groups excluding carboxylic acids is 1. The fraction of sp³-hybridized carbons (Fsp3) is 0.240. The van der Waals surface area contributed by atoms with Crippen LogP contribution < -0.4 is 0 Å². The van der Waals surface area contributed by atoms with Crippen LogP contribution in [0.4, 0.5) is 5.69 Å². The number of aromatic nitrogens is 2. The van der Waals surface area contributed by atoms with Crippen LogP contribution in [-0.2, 0) is 9.53 Å². The number of para-hydroxylation sites is 1. The van der Waals surface area contributed by atoms with Crippen LogP contribution in [0.5, 0.6) is 0 Å². The molecule has 7 heteroatoms. The number of thioether (sulfide) groups is 1. The summed E-state index contributed by atoms with van der Waals surface area (Å²) in [6.45, 7) is 7.62. The minimum absolute atomic E-state index is 0.0458. The Morgan fingerprint density at radius 2 is 1.97 bits per heavy atom. The summed E-state index contributed by atoms with van der Waals surface area (Å²) >= 11 is 1.40. The predicted molar refractivity (Wildman–Crippen MR) is 130 cm³/mol. The third-order valence-corrected chi connectivity index (χ3v) is 6.20. The molecule has 1 aliphatic heterocycles. The maximum absolute atomic E-state index is 13.3. The number of amidine groups is 1. The van der Waals surface area contributed by atoms with Crippen molar-refractivity contribution in [1.29, 1.82) is 0 Å². The van der Waals surface area contributed by atoms with E-state index in [-0.39, 0.29) is 5.91 Å². The highest BCUT2D eigenvalue weighted by molar-refractivity contribution is 8.18. The molecule has 0 atom stereocenters. The number of amides is 1. The molecule has 1 fully saturated rings. The molecule has 3 heterocycles. The summed E-state index contributed by atoms with van der Waals surface area (Å²) in [5, 5.41) is 0.674. The largest absolute Gasteiger partial charge is 0.380 e. The SMILES string of the molecule is CCOCCN1C(=O)/C(=C/c2cc(C)n(-c3cccnc3)c2C)SC1=Nc1ccccc1. The summed E-state index contributed by atoms with van der Waals surface area (Å²) in [5.41, 5.74) is 4.98. The molecular formula is C25H26N4O2S. The van der Waals surface area contributed by atoms with Gasteiger partial charge in [0.25, 0.3) is 5.91 Å².